The van der Waals surface area contributed by atoms with Gasteiger partial charge in [0.05, 0.1) is 16.4 Å². The van der Waals surface area contributed by atoms with Crippen molar-refractivity contribution in [1.82, 2.24) is 14.6 Å². The van der Waals surface area contributed by atoms with Gasteiger partial charge >= 0.3 is 0 Å². The summed E-state index contributed by atoms with van der Waals surface area (Å²) in [7, 11) is 0. The van der Waals surface area contributed by atoms with Crippen molar-refractivity contribution in [1.29, 1.82) is 0 Å². The van der Waals surface area contributed by atoms with E-state index in [9.17, 15) is 4.79 Å². The molecule has 1 aliphatic rings. The summed E-state index contributed by atoms with van der Waals surface area (Å²) < 4.78 is 2.65. The number of benzene rings is 2. The summed E-state index contributed by atoms with van der Waals surface area (Å²) in [6.45, 7) is 2.71. The number of fused-ring (bicyclic) bond motifs is 1. The van der Waals surface area contributed by atoms with E-state index in [1.165, 1.54) is 18.4 Å². The molecule has 1 saturated carbocycles. The average Bonchev–Trinajstić information content (AvgIpc) is 3.53. The summed E-state index contributed by atoms with van der Waals surface area (Å²) in [5, 5.41) is 10.9. The first-order valence-corrected chi connectivity index (χ1v) is 11.6. The number of aryl methyl sites for hydroxylation is 1. The van der Waals surface area contributed by atoms with Gasteiger partial charge in [-0.1, -0.05) is 36.4 Å². The Morgan fingerprint density at radius 2 is 1.94 bits per heavy atom. The van der Waals surface area contributed by atoms with E-state index in [-0.39, 0.29) is 5.91 Å². The molecule has 4 aromatic rings. The monoisotopic (exact) mass is 489 g/mol. The molecule has 0 bridgehead atoms. The Morgan fingerprint density at radius 3 is 2.69 bits per heavy atom. The fraction of sp³-hybridized carbons (Fsp3) is 0.240. The van der Waals surface area contributed by atoms with Crippen molar-refractivity contribution >= 4 is 39.0 Å². The normalized spacial score (nSPS) is 13.3. The Morgan fingerprint density at radius 1 is 1.16 bits per heavy atom. The second kappa shape index (κ2) is 8.74. The zero-order chi connectivity index (χ0) is 22.1. The molecule has 162 valence electrons. The van der Waals surface area contributed by atoms with Crippen LogP contribution < -0.4 is 10.6 Å². The van der Waals surface area contributed by atoms with Gasteiger partial charge in [-0.25, -0.2) is 4.98 Å². The summed E-state index contributed by atoms with van der Waals surface area (Å²) in [5.74, 6) is 1.55. The molecule has 2 heterocycles. The van der Waals surface area contributed by atoms with Gasteiger partial charge < -0.3 is 10.6 Å². The maximum atomic E-state index is 12.0. The van der Waals surface area contributed by atoms with Crippen molar-refractivity contribution in [2.24, 2.45) is 5.92 Å². The van der Waals surface area contributed by atoms with E-state index in [0.717, 1.165) is 38.4 Å². The van der Waals surface area contributed by atoms with Gasteiger partial charge in [0.15, 0.2) is 5.65 Å². The van der Waals surface area contributed by atoms with E-state index in [1.54, 1.807) is 10.7 Å². The second-order valence-corrected chi connectivity index (χ2v) is 9.17. The molecule has 0 radical (unpaired) electrons. The maximum absolute atomic E-state index is 12.0. The van der Waals surface area contributed by atoms with E-state index in [4.69, 9.17) is 4.98 Å². The fourth-order valence-corrected chi connectivity index (χ4v) is 4.10. The molecule has 0 unspecified atom stereocenters. The highest BCUT2D eigenvalue weighted by Crippen LogP contribution is 2.32. The number of nitrogens with one attached hydrogen (secondary N) is 2. The van der Waals surface area contributed by atoms with Gasteiger partial charge in [0.25, 0.3) is 0 Å². The van der Waals surface area contributed by atoms with Crippen LogP contribution in [-0.4, -0.2) is 20.5 Å². The Bertz CT molecular complexity index is 1280. The predicted molar refractivity (Wildman–Crippen MR) is 131 cm³/mol. The van der Waals surface area contributed by atoms with E-state index in [2.05, 4.69) is 50.7 Å². The first-order chi connectivity index (χ1) is 15.6. The molecule has 0 atom stereocenters. The van der Waals surface area contributed by atoms with Crippen molar-refractivity contribution in [3.63, 3.8) is 0 Å². The van der Waals surface area contributed by atoms with Crippen LogP contribution in [0.1, 0.15) is 30.4 Å². The fourth-order valence-electron chi connectivity index (χ4n) is 3.76. The number of halogens is 1. The molecule has 5 rings (SSSR count). The highest BCUT2D eigenvalue weighted by molar-refractivity contribution is 9.10. The van der Waals surface area contributed by atoms with E-state index in [0.29, 0.717) is 18.9 Å². The summed E-state index contributed by atoms with van der Waals surface area (Å²) >= 11 is 3.56. The molecule has 0 spiro atoms. The van der Waals surface area contributed by atoms with Crippen LogP contribution in [0, 0.1) is 12.8 Å². The summed E-state index contributed by atoms with van der Waals surface area (Å²) in [6.07, 6.45) is 4.75. The van der Waals surface area contributed by atoms with Gasteiger partial charge in [0.1, 0.15) is 5.82 Å². The summed E-state index contributed by atoms with van der Waals surface area (Å²) in [4.78, 5) is 16.8. The molecule has 0 saturated heterocycles. The molecule has 32 heavy (non-hydrogen) atoms. The van der Waals surface area contributed by atoms with Gasteiger partial charge in [-0.15, -0.1) is 0 Å². The zero-order valence-corrected chi connectivity index (χ0v) is 19.4. The Balaban J connectivity index is 1.34. The minimum Gasteiger partial charge on any atom is -0.366 e. The topological polar surface area (TPSA) is 71.3 Å². The molecular formula is C25H24BrN5O. The first kappa shape index (κ1) is 20.7. The number of aromatic nitrogens is 3. The van der Waals surface area contributed by atoms with Crippen molar-refractivity contribution in [3.05, 3.63) is 76.4 Å². The highest BCUT2D eigenvalue weighted by Gasteiger charge is 2.24. The van der Waals surface area contributed by atoms with Crippen LogP contribution >= 0.6 is 15.9 Å². The van der Waals surface area contributed by atoms with Crippen LogP contribution in [0.15, 0.2) is 65.3 Å². The lowest BCUT2D eigenvalue weighted by molar-refractivity contribution is -0.116. The third kappa shape index (κ3) is 4.53. The van der Waals surface area contributed by atoms with Crippen molar-refractivity contribution in [3.8, 4) is 11.3 Å². The molecule has 2 N–H and O–H groups in total. The standard InChI is InChI=1S/C25H24BrN5O/c1-16-4-2-3-5-20(16)22-13-23(31-25(30-22)21(26)15-28-31)27-14-18-8-10-19(11-9-18)29-24(32)12-17-6-7-17/h2-5,8-11,13,15,17,27H,6-7,12,14H2,1H3,(H,29,32). The number of hydrogen-bond acceptors (Lipinski definition) is 4. The summed E-state index contributed by atoms with van der Waals surface area (Å²) in [5.41, 5.74) is 5.88. The van der Waals surface area contributed by atoms with Crippen LogP contribution in [0.25, 0.3) is 16.9 Å². The number of amides is 1. The Hall–Kier alpha value is -3.19. The molecule has 6 nitrogen and oxygen atoms in total. The van der Waals surface area contributed by atoms with Crippen LogP contribution in [0.4, 0.5) is 11.5 Å². The lowest BCUT2D eigenvalue weighted by atomic mass is 10.1. The van der Waals surface area contributed by atoms with Crippen LogP contribution in [0.3, 0.4) is 0 Å². The molecule has 1 aliphatic carbocycles. The zero-order valence-electron chi connectivity index (χ0n) is 17.8. The van der Waals surface area contributed by atoms with Crippen molar-refractivity contribution in [2.45, 2.75) is 32.7 Å². The van der Waals surface area contributed by atoms with Crippen LogP contribution in [-0.2, 0) is 11.3 Å². The highest BCUT2D eigenvalue weighted by atomic mass is 79.9. The maximum Gasteiger partial charge on any atom is 0.224 e. The number of nitrogens with zero attached hydrogens (tertiary/aromatic N) is 3. The lowest BCUT2D eigenvalue weighted by Gasteiger charge is -2.12. The Kier molecular flexibility index (Phi) is 5.66. The number of carbonyl (C=O) groups excluding carboxylic acids is 1. The predicted octanol–water partition coefficient (Wildman–Crippen LogP) is 5.82. The average molecular weight is 490 g/mol. The number of anilines is 2. The summed E-state index contributed by atoms with van der Waals surface area (Å²) in [6, 6.07) is 18.2. The minimum absolute atomic E-state index is 0.102. The van der Waals surface area contributed by atoms with Crippen LogP contribution in [0.5, 0.6) is 0 Å². The van der Waals surface area contributed by atoms with E-state index in [1.807, 2.05) is 42.5 Å². The van der Waals surface area contributed by atoms with Crippen LogP contribution in [0.2, 0.25) is 0 Å². The first-order valence-electron chi connectivity index (χ1n) is 10.8. The Labute approximate surface area is 195 Å². The van der Waals surface area contributed by atoms with Gasteiger partial charge in [0.2, 0.25) is 5.91 Å². The van der Waals surface area contributed by atoms with Gasteiger partial charge in [-0.3, -0.25) is 4.79 Å². The largest absolute Gasteiger partial charge is 0.366 e. The van der Waals surface area contributed by atoms with Crippen molar-refractivity contribution < 1.29 is 4.79 Å². The van der Waals surface area contributed by atoms with Gasteiger partial charge in [0, 0.05) is 30.3 Å². The third-order valence-electron chi connectivity index (χ3n) is 5.73. The number of carbonyl (C=O) groups is 1. The number of rotatable bonds is 7. The number of hydrogen-bond donors (Lipinski definition) is 2. The molecule has 2 aromatic carbocycles. The molecule has 2 aromatic heterocycles. The van der Waals surface area contributed by atoms with Gasteiger partial charge in [-0.05, 0) is 64.9 Å². The lowest BCUT2D eigenvalue weighted by Crippen LogP contribution is -2.12. The third-order valence-corrected chi connectivity index (χ3v) is 6.29. The molecule has 1 fully saturated rings. The molecule has 7 heteroatoms. The minimum atomic E-state index is 0.102. The van der Waals surface area contributed by atoms with Crippen molar-refractivity contribution in [2.75, 3.05) is 10.6 Å². The molecule has 1 amide bonds. The van der Waals surface area contributed by atoms with E-state index >= 15 is 0 Å². The second-order valence-electron chi connectivity index (χ2n) is 8.32. The quantitative estimate of drug-likeness (QED) is 0.343. The SMILES string of the molecule is Cc1ccccc1-c1cc(NCc2ccc(NC(=O)CC3CC3)cc2)n2ncc(Br)c2n1. The smallest absolute Gasteiger partial charge is 0.224 e. The van der Waals surface area contributed by atoms with E-state index < -0.39 is 0 Å². The van der Waals surface area contributed by atoms with Gasteiger partial charge in [-0.2, -0.15) is 9.61 Å². The molecular weight excluding hydrogens is 466 g/mol. The molecule has 0 aliphatic heterocycles.